The van der Waals surface area contributed by atoms with Crippen LogP contribution in [0.15, 0.2) is 18.2 Å². The monoisotopic (exact) mass is 254 g/mol. The van der Waals surface area contributed by atoms with Gasteiger partial charge in [0.2, 0.25) is 5.91 Å². The topological polar surface area (TPSA) is 50.4 Å². The summed E-state index contributed by atoms with van der Waals surface area (Å²) in [6, 6.07) is 4.73. The Morgan fingerprint density at radius 1 is 1.44 bits per heavy atom. The van der Waals surface area contributed by atoms with Gasteiger partial charge in [0, 0.05) is 13.1 Å². The maximum Gasteiger partial charge on any atom is 0.233 e. The molecule has 1 aromatic carbocycles. The van der Waals surface area contributed by atoms with E-state index in [0.717, 1.165) is 12.0 Å². The highest BCUT2D eigenvalue weighted by Gasteiger charge is 2.04. The van der Waals surface area contributed by atoms with Crippen LogP contribution in [0.3, 0.4) is 0 Å². The summed E-state index contributed by atoms with van der Waals surface area (Å²) in [5.74, 6) is -0.225. The molecule has 0 aromatic heterocycles. The van der Waals surface area contributed by atoms with Crippen LogP contribution in [0, 0.1) is 5.82 Å². The molecular formula is C13H19FN2O2. The third-order valence-corrected chi connectivity index (χ3v) is 2.40. The molecule has 0 aliphatic rings. The zero-order chi connectivity index (χ0) is 13.4. The minimum absolute atomic E-state index is 0.0502. The molecule has 4 nitrogen and oxygen atoms in total. The van der Waals surface area contributed by atoms with Crippen molar-refractivity contribution >= 4 is 5.91 Å². The van der Waals surface area contributed by atoms with E-state index in [0.29, 0.717) is 13.1 Å². The highest BCUT2D eigenvalue weighted by Crippen LogP contribution is 2.17. The third kappa shape index (κ3) is 4.71. The Hall–Kier alpha value is -1.62. The van der Waals surface area contributed by atoms with Crippen molar-refractivity contribution in [1.82, 2.24) is 10.6 Å². The second-order valence-electron chi connectivity index (χ2n) is 3.92. The van der Waals surface area contributed by atoms with Gasteiger partial charge in [-0.1, -0.05) is 13.0 Å². The predicted molar refractivity (Wildman–Crippen MR) is 68.0 cm³/mol. The number of benzene rings is 1. The maximum absolute atomic E-state index is 13.4. The number of rotatable bonds is 7. The molecule has 5 heteroatoms. The molecule has 2 N–H and O–H groups in total. The molecule has 1 amide bonds. The van der Waals surface area contributed by atoms with E-state index in [9.17, 15) is 9.18 Å². The lowest BCUT2D eigenvalue weighted by Gasteiger charge is -2.07. The summed E-state index contributed by atoms with van der Waals surface area (Å²) in [6.07, 6.45) is 0.912. The molecular weight excluding hydrogens is 235 g/mol. The molecule has 0 saturated heterocycles. The zero-order valence-corrected chi connectivity index (χ0v) is 10.8. The number of nitrogens with one attached hydrogen (secondary N) is 2. The first-order valence-corrected chi connectivity index (χ1v) is 5.97. The van der Waals surface area contributed by atoms with Crippen molar-refractivity contribution in [3.05, 3.63) is 29.6 Å². The molecule has 0 aliphatic heterocycles. The van der Waals surface area contributed by atoms with Gasteiger partial charge in [0.25, 0.3) is 0 Å². The average molecular weight is 254 g/mol. The standard InChI is InChI=1S/C13H19FN2O2/c1-3-6-16-13(17)9-15-8-10-4-5-12(18-2)11(14)7-10/h4-5,7,15H,3,6,8-9H2,1-2H3,(H,16,17). The number of hydrogen-bond donors (Lipinski definition) is 2. The maximum atomic E-state index is 13.4. The number of ether oxygens (including phenoxy) is 1. The van der Waals surface area contributed by atoms with Gasteiger partial charge >= 0.3 is 0 Å². The first kappa shape index (κ1) is 14.4. The van der Waals surface area contributed by atoms with Crippen LogP contribution < -0.4 is 15.4 Å². The van der Waals surface area contributed by atoms with E-state index in [2.05, 4.69) is 10.6 Å². The lowest BCUT2D eigenvalue weighted by molar-refractivity contribution is -0.120. The first-order chi connectivity index (χ1) is 8.67. The molecule has 0 aliphatic carbocycles. The van der Waals surface area contributed by atoms with Crippen molar-refractivity contribution in [1.29, 1.82) is 0 Å². The Kier molecular flexibility index (Phi) is 6.14. The molecule has 0 saturated carbocycles. The molecule has 0 bridgehead atoms. The van der Waals surface area contributed by atoms with Crippen LogP contribution in [0.4, 0.5) is 4.39 Å². The molecule has 0 spiro atoms. The minimum Gasteiger partial charge on any atom is -0.494 e. The number of hydrogen-bond acceptors (Lipinski definition) is 3. The van der Waals surface area contributed by atoms with Gasteiger partial charge in [-0.25, -0.2) is 4.39 Å². The predicted octanol–water partition coefficient (Wildman–Crippen LogP) is 1.45. The van der Waals surface area contributed by atoms with Crippen LogP contribution in [0.2, 0.25) is 0 Å². The fourth-order valence-electron chi connectivity index (χ4n) is 1.47. The average Bonchev–Trinajstić information content (AvgIpc) is 2.36. The Morgan fingerprint density at radius 2 is 2.22 bits per heavy atom. The smallest absolute Gasteiger partial charge is 0.233 e. The van der Waals surface area contributed by atoms with Crippen LogP contribution in [0.25, 0.3) is 0 Å². The summed E-state index contributed by atoms with van der Waals surface area (Å²) >= 11 is 0. The minimum atomic E-state index is -0.396. The van der Waals surface area contributed by atoms with Crippen molar-refractivity contribution in [3.63, 3.8) is 0 Å². The Labute approximate surface area is 107 Å². The quantitative estimate of drug-likeness (QED) is 0.774. The second kappa shape index (κ2) is 7.66. The van der Waals surface area contributed by atoms with E-state index >= 15 is 0 Å². The highest BCUT2D eigenvalue weighted by molar-refractivity contribution is 5.77. The van der Waals surface area contributed by atoms with Gasteiger partial charge in [-0.15, -0.1) is 0 Å². The van der Waals surface area contributed by atoms with E-state index < -0.39 is 5.82 Å². The van der Waals surface area contributed by atoms with Crippen LogP contribution in [0.1, 0.15) is 18.9 Å². The van der Waals surface area contributed by atoms with E-state index in [1.54, 1.807) is 12.1 Å². The fourth-order valence-corrected chi connectivity index (χ4v) is 1.47. The Bertz CT molecular complexity index is 397. The summed E-state index contributed by atoms with van der Waals surface area (Å²) < 4.78 is 18.2. The molecule has 18 heavy (non-hydrogen) atoms. The van der Waals surface area contributed by atoms with Crippen LogP contribution in [0.5, 0.6) is 5.75 Å². The van der Waals surface area contributed by atoms with Gasteiger partial charge in [-0.05, 0) is 24.1 Å². The van der Waals surface area contributed by atoms with Crippen molar-refractivity contribution < 1.29 is 13.9 Å². The van der Waals surface area contributed by atoms with Crippen molar-refractivity contribution in [2.75, 3.05) is 20.2 Å². The molecule has 0 heterocycles. The molecule has 0 fully saturated rings. The van der Waals surface area contributed by atoms with Crippen molar-refractivity contribution in [3.8, 4) is 5.75 Å². The van der Waals surface area contributed by atoms with E-state index in [1.165, 1.54) is 13.2 Å². The van der Waals surface area contributed by atoms with Crippen LogP contribution >= 0.6 is 0 Å². The molecule has 1 rings (SSSR count). The van der Waals surface area contributed by atoms with Crippen molar-refractivity contribution in [2.45, 2.75) is 19.9 Å². The Morgan fingerprint density at radius 3 is 2.83 bits per heavy atom. The first-order valence-electron chi connectivity index (χ1n) is 5.97. The van der Waals surface area contributed by atoms with E-state index in [-0.39, 0.29) is 18.2 Å². The summed E-state index contributed by atoms with van der Waals surface area (Å²) in [6.45, 7) is 3.35. The largest absolute Gasteiger partial charge is 0.494 e. The summed E-state index contributed by atoms with van der Waals surface area (Å²) in [5, 5.41) is 5.71. The molecule has 0 unspecified atom stereocenters. The van der Waals surface area contributed by atoms with E-state index in [4.69, 9.17) is 4.74 Å². The molecule has 1 aromatic rings. The third-order valence-electron chi connectivity index (χ3n) is 2.40. The number of halogens is 1. The lowest BCUT2D eigenvalue weighted by Crippen LogP contribution is -2.33. The SMILES string of the molecule is CCCNC(=O)CNCc1ccc(OC)c(F)c1. The van der Waals surface area contributed by atoms with Crippen LogP contribution in [-0.2, 0) is 11.3 Å². The molecule has 0 radical (unpaired) electrons. The number of methoxy groups -OCH3 is 1. The molecule has 0 atom stereocenters. The van der Waals surface area contributed by atoms with Gasteiger partial charge in [0.1, 0.15) is 0 Å². The van der Waals surface area contributed by atoms with Gasteiger partial charge in [0.15, 0.2) is 11.6 Å². The highest BCUT2D eigenvalue weighted by atomic mass is 19.1. The van der Waals surface area contributed by atoms with Gasteiger partial charge in [-0.2, -0.15) is 0 Å². The van der Waals surface area contributed by atoms with E-state index in [1.807, 2.05) is 6.92 Å². The summed E-state index contributed by atoms with van der Waals surface area (Å²) in [5.41, 5.74) is 0.775. The van der Waals surface area contributed by atoms with Gasteiger partial charge in [0.05, 0.1) is 13.7 Å². The zero-order valence-electron chi connectivity index (χ0n) is 10.8. The normalized spacial score (nSPS) is 10.2. The summed E-state index contributed by atoms with van der Waals surface area (Å²) in [4.78, 5) is 11.3. The van der Waals surface area contributed by atoms with Crippen molar-refractivity contribution in [2.24, 2.45) is 0 Å². The number of carbonyl (C=O) groups excluding carboxylic acids is 1. The molecule has 100 valence electrons. The number of amides is 1. The Balaban J connectivity index is 2.35. The second-order valence-corrected chi connectivity index (χ2v) is 3.92. The van der Waals surface area contributed by atoms with Gasteiger partial charge < -0.3 is 15.4 Å². The summed E-state index contributed by atoms with van der Waals surface area (Å²) in [7, 11) is 1.43. The fraction of sp³-hybridized carbons (Fsp3) is 0.462. The number of carbonyl (C=O) groups is 1. The van der Waals surface area contributed by atoms with Gasteiger partial charge in [-0.3, -0.25) is 4.79 Å². The lowest BCUT2D eigenvalue weighted by atomic mass is 10.2. The van der Waals surface area contributed by atoms with Crippen LogP contribution in [-0.4, -0.2) is 26.1 Å².